The predicted molar refractivity (Wildman–Crippen MR) is 316 cm³/mol. The monoisotopic (exact) mass is 1160 g/mol. The van der Waals surface area contributed by atoms with Crippen LogP contribution in [0.3, 0.4) is 0 Å². The number of hydrogen-bond donors (Lipinski definition) is 1. The number of hydrogen-bond acceptors (Lipinski definition) is 14. The molecule has 2 bridgehead atoms. The highest BCUT2D eigenvalue weighted by molar-refractivity contribution is 6.34. The number of urea groups is 1. The Morgan fingerprint density at radius 2 is 1.59 bits per heavy atom. The molecule has 1 spiro atoms. The summed E-state index contributed by atoms with van der Waals surface area (Å²) in [6.07, 6.45) is 12.8. The van der Waals surface area contributed by atoms with Crippen LogP contribution in [0.5, 0.6) is 11.8 Å². The lowest BCUT2D eigenvalue weighted by atomic mass is 9.65. The van der Waals surface area contributed by atoms with Gasteiger partial charge in [0.15, 0.2) is 12.6 Å². The molecule has 83 heavy (non-hydrogen) atoms. The molecule has 7 heterocycles. The number of ether oxygens (including phenoxy) is 4. The highest BCUT2D eigenvalue weighted by Crippen LogP contribution is 2.49. The van der Waals surface area contributed by atoms with Gasteiger partial charge < -0.3 is 38.5 Å². The van der Waals surface area contributed by atoms with Gasteiger partial charge in [-0.25, -0.2) is 14.0 Å². The molecule has 7 aliphatic rings. The first kappa shape index (κ1) is 57.0. The molecule has 2 atom stereocenters. The average molecular weight is 1160 g/mol. The first-order chi connectivity index (χ1) is 40.0. The number of carbonyl (C=O) groups is 4. The number of benzene rings is 3. The first-order valence-electron chi connectivity index (χ1n) is 30.1. The number of pyridine rings is 1. The van der Waals surface area contributed by atoms with Crippen LogP contribution < -0.4 is 24.6 Å². The van der Waals surface area contributed by atoms with E-state index < -0.39 is 17.4 Å². The van der Waals surface area contributed by atoms with Crippen LogP contribution in [0.15, 0.2) is 54.7 Å². The lowest BCUT2D eigenvalue weighted by Gasteiger charge is -2.47. The van der Waals surface area contributed by atoms with Gasteiger partial charge in [0.1, 0.15) is 28.4 Å². The van der Waals surface area contributed by atoms with E-state index in [0.29, 0.717) is 77.5 Å². The van der Waals surface area contributed by atoms with E-state index in [9.17, 15) is 19.2 Å². The van der Waals surface area contributed by atoms with Gasteiger partial charge >= 0.3 is 18.1 Å². The minimum absolute atomic E-state index is 0.0365. The van der Waals surface area contributed by atoms with Crippen molar-refractivity contribution in [2.45, 2.75) is 122 Å². The lowest BCUT2D eigenvalue weighted by molar-refractivity contribution is -0.120. The quantitative estimate of drug-likeness (QED) is 0.0981. The Hall–Kier alpha value is -6.41. The van der Waals surface area contributed by atoms with E-state index in [0.717, 1.165) is 101 Å². The zero-order valence-corrected chi connectivity index (χ0v) is 49.4. The molecule has 7 fully saturated rings. The number of piperazine rings is 2. The molecule has 5 aliphatic heterocycles. The van der Waals surface area contributed by atoms with E-state index >= 15 is 4.39 Å². The lowest BCUT2D eigenvalue weighted by Crippen LogP contribution is -2.57. The van der Waals surface area contributed by atoms with Crippen LogP contribution in [0.2, 0.25) is 5.02 Å². The van der Waals surface area contributed by atoms with Crippen molar-refractivity contribution >= 4 is 68.7 Å². The number of anilines is 2. The molecular weight excluding hydrogens is 1080 g/mol. The van der Waals surface area contributed by atoms with Gasteiger partial charge in [-0.2, -0.15) is 9.97 Å². The van der Waals surface area contributed by atoms with Crippen LogP contribution in [0.4, 0.5) is 25.5 Å². The van der Waals surface area contributed by atoms with Crippen LogP contribution in [0.25, 0.3) is 32.9 Å². The van der Waals surface area contributed by atoms with Gasteiger partial charge in [0.05, 0.1) is 34.8 Å². The van der Waals surface area contributed by atoms with Crippen molar-refractivity contribution in [1.82, 2.24) is 39.9 Å². The molecule has 3 aromatic carbocycles. The number of aryl methyl sites for hydroxylation is 1. The highest BCUT2D eigenvalue weighted by atomic mass is 35.5. The summed E-state index contributed by atoms with van der Waals surface area (Å²) < 4.78 is 41.5. The number of imide groups is 1. The van der Waals surface area contributed by atoms with Gasteiger partial charge in [0.2, 0.25) is 5.91 Å². The molecule has 5 aromatic rings. The van der Waals surface area contributed by atoms with Gasteiger partial charge in [-0.15, -0.1) is 0 Å². The number of carbonyl (C=O) groups excluding carboxylic acids is 4. The fourth-order valence-corrected chi connectivity index (χ4v) is 14.3. The molecule has 1 N–H and O–H groups in total. The summed E-state index contributed by atoms with van der Waals surface area (Å²) >= 11 is 6.49. The number of nitrogens with one attached hydrogen (secondary N) is 1. The van der Waals surface area contributed by atoms with Crippen molar-refractivity contribution in [3.8, 4) is 23.0 Å². The van der Waals surface area contributed by atoms with Crippen LogP contribution in [0, 0.1) is 22.6 Å². The Labute approximate surface area is 490 Å². The van der Waals surface area contributed by atoms with Crippen molar-refractivity contribution in [3.63, 3.8) is 0 Å². The van der Waals surface area contributed by atoms with Crippen LogP contribution in [0.1, 0.15) is 114 Å². The number of piperidine rings is 1. The zero-order chi connectivity index (χ0) is 57.8. The fraction of sp³-hybridized carbons (Fsp3) is 0.571. The minimum atomic E-state index is -0.623. The predicted octanol–water partition coefficient (Wildman–Crippen LogP) is 10.1. The maximum Gasteiger partial charge on any atom is 0.410 e. The van der Waals surface area contributed by atoms with E-state index in [-0.39, 0.29) is 77.8 Å². The van der Waals surface area contributed by atoms with Crippen molar-refractivity contribution in [2.24, 2.45) is 16.7 Å². The molecule has 2 saturated carbocycles. The Balaban J connectivity index is 0.685. The molecular formula is C63H78ClFN10O8. The number of halogens is 2. The summed E-state index contributed by atoms with van der Waals surface area (Å²) in [7, 11) is 1.57. The molecule has 442 valence electrons. The van der Waals surface area contributed by atoms with E-state index in [1.807, 2.05) is 54.8 Å². The summed E-state index contributed by atoms with van der Waals surface area (Å²) in [6.45, 7) is 16.9. The smallest absolute Gasteiger partial charge is 0.410 e. The minimum Gasteiger partial charge on any atom is -0.468 e. The van der Waals surface area contributed by atoms with Crippen LogP contribution in [-0.2, 0) is 20.7 Å². The van der Waals surface area contributed by atoms with E-state index in [4.69, 9.17) is 45.5 Å². The van der Waals surface area contributed by atoms with Crippen LogP contribution in [-0.4, -0.2) is 169 Å². The van der Waals surface area contributed by atoms with Crippen molar-refractivity contribution < 1.29 is 42.5 Å². The number of likely N-dealkylation sites (tertiary alicyclic amines) is 1. The number of rotatable bonds is 15. The molecule has 0 radical (unpaired) electrons. The summed E-state index contributed by atoms with van der Waals surface area (Å²) in [6, 6.07) is 14.3. The van der Waals surface area contributed by atoms with Gasteiger partial charge in [0.25, 0.3) is 5.91 Å². The van der Waals surface area contributed by atoms with Crippen LogP contribution >= 0.6 is 11.6 Å². The average Bonchev–Trinajstić information content (AvgIpc) is 4.39. The highest BCUT2D eigenvalue weighted by Gasteiger charge is 2.48. The number of methoxy groups -OCH3 is 1. The SMILES string of the molecule is CCc1cccc2cc(OCOC)cc(-c3ncc4c(N5CC6CCC(C5)N6C(=O)OC(C)(C)C)nc(OCC5(CN6CCN(CC7CCC8(CC7)CCN(C(=O)c7ccc(Cl)c(N9CCC(=O)NC9=O)c7)CC8)CC6)CC5)nc4c3F)c12. The second kappa shape index (κ2) is 23.2. The third-order valence-corrected chi connectivity index (χ3v) is 19.2. The Morgan fingerprint density at radius 3 is 2.28 bits per heavy atom. The normalized spacial score (nSPS) is 22.2. The standard InChI is InChI=1S/C63H78ClFN10O8/c1-6-41-8-7-9-42-30-46(82-39-80-5)32-47(52(41)42)54-53(65)55-48(33-66-54)56(73-35-44-11-12-45(36-73)75(44)60(79)83-61(2,3)4)69-58(68-55)81-38-63(19-20-63)37-71-28-26-70(27-29-71)34-40-14-17-62(18-15-40)21-24-72(25-22-62)57(77)43-10-13-49(64)50(31-43)74-23-16-51(76)67-59(74)78/h7-10,13,30-33,40,44-45H,6,11-12,14-29,34-39H2,1-5H3,(H,67,76,78). The summed E-state index contributed by atoms with van der Waals surface area (Å²) in [5.74, 6) is 0.799. The Bertz CT molecular complexity index is 3280. The van der Waals surface area contributed by atoms with Crippen molar-refractivity contribution in [2.75, 3.05) is 102 Å². The summed E-state index contributed by atoms with van der Waals surface area (Å²) in [5.41, 5.74) is 2.48. The summed E-state index contributed by atoms with van der Waals surface area (Å²) in [5, 5.41) is 4.98. The molecule has 2 aromatic heterocycles. The largest absolute Gasteiger partial charge is 0.468 e. The number of nitrogens with zero attached hydrogens (tertiary/aromatic N) is 9. The summed E-state index contributed by atoms with van der Waals surface area (Å²) in [4.78, 5) is 79.1. The molecule has 5 saturated heterocycles. The molecule has 2 unspecified atom stereocenters. The third kappa shape index (κ3) is 12.0. The van der Waals surface area contributed by atoms with Gasteiger partial charge in [0, 0.05) is 108 Å². The van der Waals surface area contributed by atoms with Gasteiger partial charge in [-0.05, 0) is 149 Å². The third-order valence-electron chi connectivity index (χ3n) is 18.9. The van der Waals surface area contributed by atoms with E-state index in [1.54, 1.807) is 31.5 Å². The van der Waals surface area contributed by atoms with E-state index in [2.05, 4.69) is 33.0 Å². The number of fused-ring (bicyclic) bond motifs is 4. The fourth-order valence-electron chi connectivity index (χ4n) is 14.1. The van der Waals surface area contributed by atoms with Crippen molar-refractivity contribution in [1.29, 1.82) is 0 Å². The first-order valence-corrected chi connectivity index (χ1v) is 30.4. The van der Waals surface area contributed by atoms with Gasteiger partial charge in [-0.1, -0.05) is 36.7 Å². The Morgan fingerprint density at radius 1 is 0.855 bits per heavy atom. The molecule has 20 heteroatoms. The topological polar surface area (TPSA) is 175 Å². The Kier molecular flexibility index (Phi) is 16.0. The maximum absolute atomic E-state index is 17.7. The number of aromatic nitrogens is 3. The molecule has 18 nitrogen and oxygen atoms in total. The zero-order valence-electron chi connectivity index (χ0n) is 48.7. The second-order valence-electron chi connectivity index (χ2n) is 25.6. The second-order valence-corrected chi connectivity index (χ2v) is 26.0. The van der Waals surface area contributed by atoms with Gasteiger partial charge in [-0.3, -0.25) is 29.7 Å². The molecule has 2 aliphatic carbocycles. The van der Waals surface area contributed by atoms with E-state index in [1.165, 1.54) is 30.6 Å². The number of amides is 5. The molecule has 12 rings (SSSR count). The van der Waals surface area contributed by atoms with Crippen molar-refractivity contribution in [3.05, 3.63) is 76.7 Å². The maximum atomic E-state index is 17.7. The molecule has 5 amide bonds.